The van der Waals surface area contributed by atoms with Gasteiger partial charge in [0, 0.05) is 87.1 Å². The van der Waals surface area contributed by atoms with Crippen molar-refractivity contribution in [2.24, 2.45) is 16.7 Å². The van der Waals surface area contributed by atoms with Gasteiger partial charge in [-0.05, 0) is 67.6 Å². The van der Waals surface area contributed by atoms with Gasteiger partial charge in [0.2, 0.25) is 5.91 Å². The van der Waals surface area contributed by atoms with Crippen LogP contribution in [0.1, 0.15) is 75.3 Å². The predicted octanol–water partition coefficient (Wildman–Crippen LogP) is 4.34. The largest absolute Gasteiger partial charge is 0.489 e. The van der Waals surface area contributed by atoms with E-state index in [1.54, 1.807) is 30.5 Å². The lowest BCUT2D eigenvalue weighted by molar-refractivity contribution is -0.164. The van der Waals surface area contributed by atoms with Crippen molar-refractivity contribution in [1.29, 1.82) is 5.26 Å². The summed E-state index contributed by atoms with van der Waals surface area (Å²) in [5, 5.41) is 23.7. The number of piperazine rings is 1. The smallest absolute Gasteiger partial charge is 0.278 e. The van der Waals surface area contributed by atoms with Gasteiger partial charge in [0.1, 0.15) is 35.3 Å². The summed E-state index contributed by atoms with van der Waals surface area (Å²) in [5.74, 6) is 0.987. The fourth-order valence-corrected chi connectivity index (χ4v) is 9.99. The normalized spacial score (nSPS) is 23.3. The number of rotatable bonds is 9. The number of nitriles is 1. The first-order valence-electron chi connectivity index (χ1n) is 20.3. The highest BCUT2D eigenvalue weighted by Gasteiger charge is 2.64. The molecule has 0 radical (unpaired) electrons. The lowest BCUT2D eigenvalue weighted by atomic mass is 9.49. The molecule has 2 aromatic carbocycles. The number of imide groups is 1. The molecule has 4 aliphatic rings. The summed E-state index contributed by atoms with van der Waals surface area (Å²) in [6.45, 7) is 14.6. The zero-order valence-corrected chi connectivity index (χ0v) is 34.5. The molecule has 4 fully saturated rings. The second-order valence-electron chi connectivity index (χ2n) is 17.4. The van der Waals surface area contributed by atoms with Crippen LogP contribution in [0.4, 0.5) is 11.5 Å². The highest BCUT2D eigenvalue weighted by atomic mass is 35.5. The van der Waals surface area contributed by atoms with Crippen LogP contribution in [0.3, 0.4) is 0 Å². The maximum atomic E-state index is 13.5. The number of ether oxygens (including phenoxy) is 1. The Morgan fingerprint density at radius 3 is 2.36 bits per heavy atom. The van der Waals surface area contributed by atoms with Gasteiger partial charge in [-0.2, -0.15) is 9.94 Å². The Bertz CT molecular complexity index is 2360. The number of benzene rings is 2. The van der Waals surface area contributed by atoms with E-state index in [0.717, 1.165) is 74.8 Å². The SMILES string of the molecule is CC1(C)[C@H](NC(=O)c2ccc(N3CCC(CN4CCN(c5ccc6nnn(C7CCC(=O)NC7=O)c(=O)c6c5)CC4)CC3)nc2)C(C)(C)[C@H]1Oc1ccc(C#N)c(Cl)c1. The van der Waals surface area contributed by atoms with Crippen molar-refractivity contribution in [3.05, 3.63) is 81.2 Å². The third-order valence-electron chi connectivity index (χ3n) is 12.8. The van der Waals surface area contributed by atoms with Crippen LogP contribution >= 0.6 is 11.6 Å². The number of piperidine rings is 2. The van der Waals surface area contributed by atoms with Crippen LogP contribution in [0, 0.1) is 28.1 Å². The molecule has 5 heterocycles. The van der Waals surface area contributed by atoms with Gasteiger partial charge in [0.05, 0.1) is 21.5 Å². The Labute approximate surface area is 347 Å². The van der Waals surface area contributed by atoms with E-state index in [1.807, 2.05) is 24.3 Å². The first kappa shape index (κ1) is 40.2. The number of hydrogen-bond donors (Lipinski definition) is 2. The molecule has 59 heavy (non-hydrogen) atoms. The number of fused-ring (bicyclic) bond motifs is 1. The zero-order chi connectivity index (χ0) is 41.6. The first-order chi connectivity index (χ1) is 28.2. The third kappa shape index (κ3) is 7.83. The van der Waals surface area contributed by atoms with E-state index in [9.17, 15) is 24.4 Å². The van der Waals surface area contributed by atoms with E-state index in [2.05, 4.69) is 69.4 Å². The van der Waals surface area contributed by atoms with E-state index in [-0.39, 0.29) is 53.2 Å². The summed E-state index contributed by atoms with van der Waals surface area (Å²) in [6.07, 6.45) is 3.95. The number of halogens is 1. The minimum Gasteiger partial charge on any atom is -0.489 e. The summed E-state index contributed by atoms with van der Waals surface area (Å²) in [6, 6.07) is 15.5. The number of carbonyl (C=O) groups excluding carboxylic acids is 3. The van der Waals surface area contributed by atoms with Gasteiger partial charge in [-0.1, -0.05) is 44.5 Å². The first-order valence-corrected chi connectivity index (χ1v) is 20.7. The van der Waals surface area contributed by atoms with E-state index < -0.39 is 11.9 Å². The van der Waals surface area contributed by atoms with Crippen molar-refractivity contribution in [1.82, 2.24) is 35.5 Å². The number of pyridine rings is 1. The molecule has 3 saturated heterocycles. The second kappa shape index (κ2) is 15.9. The lowest BCUT2D eigenvalue weighted by Gasteiger charge is -2.63. The molecule has 3 aliphatic heterocycles. The highest BCUT2D eigenvalue weighted by Crippen LogP contribution is 2.55. The molecular formula is C43H49ClN10O5. The summed E-state index contributed by atoms with van der Waals surface area (Å²) in [4.78, 5) is 62.7. The van der Waals surface area contributed by atoms with Crippen LogP contribution in [0.2, 0.25) is 5.02 Å². The minimum absolute atomic E-state index is 0.148. The van der Waals surface area contributed by atoms with Crippen LogP contribution in [0.15, 0.2) is 59.5 Å². The van der Waals surface area contributed by atoms with Crippen LogP contribution in [-0.4, -0.2) is 101 Å². The number of carbonyl (C=O) groups is 3. The van der Waals surface area contributed by atoms with Gasteiger partial charge in [0.25, 0.3) is 17.4 Å². The number of aromatic nitrogens is 4. The van der Waals surface area contributed by atoms with Crippen molar-refractivity contribution in [2.45, 2.75) is 71.6 Å². The Hall–Kier alpha value is -5.59. The van der Waals surface area contributed by atoms with E-state index >= 15 is 0 Å². The topological polar surface area (TPSA) is 179 Å². The molecule has 1 unspecified atom stereocenters. The predicted molar refractivity (Wildman–Crippen MR) is 222 cm³/mol. The van der Waals surface area contributed by atoms with Crippen LogP contribution in [0.5, 0.6) is 5.75 Å². The molecule has 16 heteroatoms. The van der Waals surface area contributed by atoms with Crippen molar-refractivity contribution in [3.63, 3.8) is 0 Å². The van der Waals surface area contributed by atoms with Gasteiger partial charge in [-0.3, -0.25) is 29.4 Å². The quantitative estimate of drug-likeness (QED) is 0.229. The maximum absolute atomic E-state index is 13.5. The van der Waals surface area contributed by atoms with Gasteiger partial charge in [-0.15, -0.1) is 5.10 Å². The zero-order valence-electron chi connectivity index (χ0n) is 33.8. The average molecular weight is 821 g/mol. The summed E-state index contributed by atoms with van der Waals surface area (Å²) >= 11 is 6.25. The maximum Gasteiger partial charge on any atom is 0.278 e. The molecule has 0 bridgehead atoms. The Morgan fingerprint density at radius 1 is 0.949 bits per heavy atom. The molecule has 8 rings (SSSR count). The monoisotopic (exact) mass is 820 g/mol. The average Bonchev–Trinajstić information content (AvgIpc) is 3.23. The van der Waals surface area contributed by atoms with E-state index in [1.165, 1.54) is 0 Å². The van der Waals surface area contributed by atoms with Crippen molar-refractivity contribution in [2.75, 3.05) is 55.6 Å². The number of nitrogens with one attached hydrogen (secondary N) is 2. The van der Waals surface area contributed by atoms with E-state index in [4.69, 9.17) is 21.3 Å². The second-order valence-corrected chi connectivity index (χ2v) is 17.8. The summed E-state index contributed by atoms with van der Waals surface area (Å²) in [5.41, 5.74) is 1.19. The molecule has 3 amide bonds. The van der Waals surface area contributed by atoms with E-state index in [0.29, 0.717) is 38.7 Å². The Kier molecular flexibility index (Phi) is 10.8. The number of hydrogen-bond acceptors (Lipinski definition) is 12. The molecule has 1 saturated carbocycles. The fourth-order valence-electron chi connectivity index (χ4n) is 9.78. The third-order valence-corrected chi connectivity index (χ3v) is 13.1. The molecule has 1 aliphatic carbocycles. The fraction of sp³-hybridized carbons (Fsp3) is 0.488. The van der Waals surface area contributed by atoms with Gasteiger partial charge >= 0.3 is 0 Å². The summed E-state index contributed by atoms with van der Waals surface area (Å²) < 4.78 is 7.48. The highest BCUT2D eigenvalue weighted by molar-refractivity contribution is 6.31. The number of amides is 3. The molecule has 4 aromatic rings. The minimum atomic E-state index is -0.856. The lowest BCUT2D eigenvalue weighted by Crippen LogP contribution is -2.74. The number of nitrogens with zero attached hydrogens (tertiary/aromatic N) is 8. The Morgan fingerprint density at radius 2 is 1.69 bits per heavy atom. The molecule has 2 aromatic heterocycles. The van der Waals surface area contributed by atoms with Gasteiger partial charge < -0.3 is 19.9 Å². The standard InChI is InChI=1S/C43H49ClN10O5/c1-42(2)40(43(3,4)41(42)59-30-8-5-27(23-45)32(44)22-30)48-37(56)28-6-11-35(46-24-28)53-15-13-26(14-16-53)25-51-17-19-52(20-18-51)29-7-9-33-31(21-29)39(58)54(50-49-33)34-10-12-36(55)47-38(34)57/h5-9,11,21-22,24,26,34,40-41H,10,12-20,25H2,1-4H3,(H,48,56)(H,47,55,57)/t34?,40-,41-. The molecule has 1 atom stereocenters. The molecule has 2 N–H and O–H groups in total. The van der Waals surface area contributed by atoms with Gasteiger partial charge in [0.15, 0.2) is 0 Å². The molecule has 15 nitrogen and oxygen atoms in total. The molecular weight excluding hydrogens is 772 g/mol. The Balaban J connectivity index is 0.802. The van der Waals surface area contributed by atoms with Crippen molar-refractivity contribution in [3.8, 4) is 11.8 Å². The van der Waals surface area contributed by atoms with Crippen molar-refractivity contribution < 1.29 is 19.1 Å². The van der Waals surface area contributed by atoms with Crippen molar-refractivity contribution >= 4 is 51.7 Å². The summed E-state index contributed by atoms with van der Waals surface area (Å²) in [7, 11) is 0. The van der Waals surface area contributed by atoms with Crippen LogP contribution < -0.4 is 30.7 Å². The molecule has 0 spiro atoms. The number of anilines is 2. The van der Waals surface area contributed by atoms with Gasteiger partial charge in [-0.25, -0.2) is 4.98 Å². The van der Waals surface area contributed by atoms with Crippen LogP contribution in [-0.2, 0) is 9.59 Å². The molecule has 308 valence electrons. The van der Waals surface area contributed by atoms with Crippen LogP contribution in [0.25, 0.3) is 10.9 Å².